The number of hydrogen-bond donors (Lipinski definition) is 3. The predicted octanol–water partition coefficient (Wildman–Crippen LogP) is 20.0. The Hall–Kier alpha value is -1.91. The third-order valence-corrected chi connectivity index (χ3v) is 13.7. The number of rotatable bonds is 55. The van der Waals surface area contributed by atoms with E-state index >= 15 is 0 Å². The van der Waals surface area contributed by atoms with Crippen LogP contribution in [0, 0.1) is 0 Å². The van der Waals surface area contributed by atoms with Crippen LogP contribution in [-0.2, 0) is 4.79 Å². The van der Waals surface area contributed by atoms with Gasteiger partial charge in [0, 0.05) is 6.42 Å². The third-order valence-electron chi connectivity index (χ3n) is 13.7. The Bertz CT molecular complexity index is 1110. The minimum absolute atomic E-state index is 0.0703. The van der Waals surface area contributed by atoms with Crippen molar-refractivity contribution in [3.05, 3.63) is 60.8 Å². The Kier molecular flexibility index (Phi) is 56.7. The fourth-order valence-electron chi connectivity index (χ4n) is 9.15. The highest BCUT2D eigenvalue weighted by Gasteiger charge is 2.18. The summed E-state index contributed by atoms with van der Waals surface area (Å²) < 4.78 is 0. The van der Waals surface area contributed by atoms with Gasteiger partial charge in [-0.25, -0.2) is 0 Å². The first-order valence-corrected chi connectivity index (χ1v) is 30.0. The number of carbonyl (C=O) groups is 1. The van der Waals surface area contributed by atoms with Gasteiger partial charge in [0.05, 0.1) is 18.8 Å². The SMILES string of the molecule is CCCCCCC/C=C\C/C=C\C/C=C\CCCCCCCCCCCCCCCCCCCCC(=O)NC(CO)C(O)/C=C/CC/C=C/CCCCCCCCCCCCCCCCCC. The number of carbonyl (C=O) groups excluding carboxylic acids is 1. The lowest BCUT2D eigenvalue weighted by atomic mass is 10.0. The smallest absolute Gasteiger partial charge is 0.220 e. The second-order valence-electron chi connectivity index (χ2n) is 20.4. The number of allylic oxidation sites excluding steroid dienone is 9. The summed E-state index contributed by atoms with van der Waals surface area (Å²) in [6, 6.07) is -0.641. The number of amides is 1. The number of hydrogen-bond acceptors (Lipinski definition) is 3. The third kappa shape index (κ3) is 54.9. The summed E-state index contributed by atoms with van der Waals surface area (Å²) in [5.74, 6) is -0.0703. The molecule has 0 aromatic heterocycles. The average molecular weight is 937 g/mol. The number of unbranched alkanes of at least 4 members (excludes halogenated alkanes) is 40. The largest absolute Gasteiger partial charge is 0.394 e. The second-order valence-corrected chi connectivity index (χ2v) is 20.4. The molecule has 3 N–H and O–H groups in total. The number of aliphatic hydroxyl groups excluding tert-OH is 2. The molecular weight excluding hydrogens is 819 g/mol. The fourth-order valence-corrected chi connectivity index (χ4v) is 9.15. The molecule has 0 aliphatic carbocycles. The molecule has 0 fully saturated rings. The van der Waals surface area contributed by atoms with Gasteiger partial charge >= 0.3 is 0 Å². The van der Waals surface area contributed by atoms with Crippen molar-refractivity contribution in [2.24, 2.45) is 0 Å². The van der Waals surface area contributed by atoms with Gasteiger partial charge in [0.15, 0.2) is 0 Å². The van der Waals surface area contributed by atoms with Crippen LogP contribution in [0.25, 0.3) is 0 Å². The molecular formula is C63H117NO3. The average Bonchev–Trinajstić information content (AvgIpc) is 3.33. The van der Waals surface area contributed by atoms with E-state index in [0.717, 1.165) is 44.9 Å². The van der Waals surface area contributed by atoms with Gasteiger partial charge in [0.2, 0.25) is 5.91 Å². The zero-order chi connectivity index (χ0) is 48.5. The summed E-state index contributed by atoms with van der Waals surface area (Å²) in [5, 5.41) is 23.2. The van der Waals surface area contributed by atoms with E-state index in [4.69, 9.17) is 0 Å². The van der Waals surface area contributed by atoms with E-state index in [9.17, 15) is 15.0 Å². The van der Waals surface area contributed by atoms with E-state index in [2.05, 4.69) is 67.8 Å². The predicted molar refractivity (Wildman–Crippen MR) is 299 cm³/mol. The zero-order valence-electron chi connectivity index (χ0n) is 45.2. The van der Waals surface area contributed by atoms with Crippen molar-refractivity contribution >= 4 is 5.91 Å². The summed E-state index contributed by atoms with van der Waals surface area (Å²) in [6.45, 7) is 4.31. The van der Waals surface area contributed by atoms with Gasteiger partial charge in [-0.3, -0.25) is 4.79 Å². The van der Waals surface area contributed by atoms with Crippen molar-refractivity contribution in [3.63, 3.8) is 0 Å². The van der Waals surface area contributed by atoms with Crippen LogP contribution in [0.1, 0.15) is 316 Å². The van der Waals surface area contributed by atoms with Crippen LogP contribution in [0.3, 0.4) is 0 Å². The van der Waals surface area contributed by atoms with Crippen LogP contribution >= 0.6 is 0 Å². The first-order chi connectivity index (χ1) is 33.2. The molecule has 4 heteroatoms. The Labute approximate surface area is 419 Å². The van der Waals surface area contributed by atoms with Gasteiger partial charge < -0.3 is 15.5 Å². The quantitative estimate of drug-likeness (QED) is 0.0420. The molecule has 0 heterocycles. The summed E-state index contributed by atoms with van der Waals surface area (Å²) >= 11 is 0. The van der Waals surface area contributed by atoms with Crippen molar-refractivity contribution in [2.75, 3.05) is 6.61 Å². The lowest BCUT2D eigenvalue weighted by Gasteiger charge is -2.19. The molecule has 0 spiro atoms. The monoisotopic (exact) mass is 936 g/mol. The van der Waals surface area contributed by atoms with Crippen LogP contribution in [0.15, 0.2) is 60.8 Å². The summed E-state index contributed by atoms with van der Waals surface area (Å²) in [7, 11) is 0. The Balaban J connectivity index is 3.50. The van der Waals surface area contributed by atoms with E-state index in [1.165, 1.54) is 250 Å². The zero-order valence-corrected chi connectivity index (χ0v) is 45.2. The number of aliphatic hydroxyl groups is 2. The standard InChI is InChI=1S/C63H117NO3/c1-3-5-7-9-11-13-15-17-19-21-23-25-27-28-29-30-31-32-33-34-35-36-37-39-41-43-45-47-49-51-53-55-57-59-63(67)64-61(60-65)62(66)58-56-54-52-50-48-46-44-42-40-38-26-24-22-20-18-16-14-12-10-8-6-4-2/h15,17,21,23,27-28,48,50,56,58,61-62,65-66H,3-14,16,18-20,22,24-26,29-47,49,51-55,57,59-60H2,1-2H3,(H,64,67)/b17-15-,23-21-,28-27-,50-48+,58-56+. The molecule has 1 amide bonds. The maximum atomic E-state index is 12.5. The van der Waals surface area contributed by atoms with Crippen molar-refractivity contribution in [3.8, 4) is 0 Å². The second kappa shape index (κ2) is 58.4. The highest BCUT2D eigenvalue weighted by molar-refractivity contribution is 5.76. The lowest BCUT2D eigenvalue weighted by molar-refractivity contribution is -0.123. The minimum atomic E-state index is -0.864. The molecule has 0 aromatic carbocycles. The first kappa shape index (κ1) is 65.1. The van der Waals surface area contributed by atoms with Gasteiger partial charge in [-0.1, -0.05) is 299 Å². The van der Waals surface area contributed by atoms with Crippen LogP contribution < -0.4 is 5.32 Å². The maximum absolute atomic E-state index is 12.5. The molecule has 0 aromatic rings. The van der Waals surface area contributed by atoms with Crippen LogP contribution in [0.4, 0.5) is 0 Å². The molecule has 2 unspecified atom stereocenters. The van der Waals surface area contributed by atoms with Crippen molar-refractivity contribution in [1.82, 2.24) is 5.32 Å². The Morgan fingerprint density at radius 3 is 0.970 bits per heavy atom. The van der Waals surface area contributed by atoms with Crippen LogP contribution in [-0.4, -0.2) is 34.9 Å². The summed E-state index contributed by atoms with van der Waals surface area (Å²) in [6.07, 6.45) is 82.6. The molecule has 0 saturated carbocycles. The molecule has 0 bridgehead atoms. The first-order valence-electron chi connectivity index (χ1n) is 30.0. The normalized spacial score (nSPS) is 13.2. The lowest BCUT2D eigenvalue weighted by Crippen LogP contribution is -2.45. The van der Waals surface area contributed by atoms with Gasteiger partial charge in [0.25, 0.3) is 0 Å². The van der Waals surface area contributed by atoms with E-state index in [1.807, 2.05) is 6.08 Å². The van der Waals surface area contributed by atoms with Gasteiger partial charge in [-0.15, -0.1) is 0 Å². The van der Waals surface area contributed by atoms with Gasteiger partial charge in [-0.05, 0) is 70.6 Å². The molecule has 2 atom stereocenters. The number of nitrogens with one attached hydrogen (secondary N) is 1. The minimum Gasteiger partial charge on any atom is -0.394 e. The van der Waals surface area contributed by atoms with E-state index < -0.39 is 12.1 Å². The van der Waals surface area contributed by atoms with Crippen LogP contribution in [0.2, 0.25) is 0 Å². The van der Waals surface area contributed by atoms with E-state index in [-0.39, 0.29) is 12.5 Å². The fraction of sp³-hybridized carbons (Fsp3) is 0.825. The van der Waals surface area contributed by atoms with E-state index in [0.29, 0.717) is 6.42 Å². The molecule has 0 saturated heterocycles. The van der Waals surface area contributed by atoms with Crippen LogP contribution in [0.5, 0.6) is 0 Å². The summed E-state index contributed by atoms with van der Waals surface area (Å²) in [5.41, 5.74) is 0. The molecule has 4 nitrogen and oxygen atoms in total. The van der Waals surface area contributed by atoms with E-state index in [1.54, 1.807) is 6.08 Å². The summed E-state index contributed by atoms with van der Waals surface area (Å²) in [4.78, 5) is 12.5. The Morgan fingerprint density at radius 2 is 0.627 bits per heavy atom. The molecule has 0 radical (unpaired) electrons. The topological polar surface area (TPSA) is 69.6 Å². The Morgan fingerprint density at radius 1 is 0.358 bits per heavy atom. The van der Waals surface area contributed by atoms with Gasteiger partial charge in [0.1, 0.15) is 0 Å². The van der Waals surface area contributed by atoms with Crippen molar-refractivity contribution in [1.29, 1.82) is 0 Å². The highest BCUT2D eigenvalue weighted by Crippen LogP contribution is 2.17. The van der Waals surface area contributed by atoms with Crippen molar-refractivity contribution in [2.45, 2.75) is 328 Å². The van der Waals surface area contributed by atoms with Crippen molar-refractivity contribution < 1.29 is 15.0 Å². The molecule has 67 heavy (non-hydrogen) atoms. The maximum Gasteiger partial charge on any atom is 0.220 e. The molecule has 0 aliphatic heterocycles. The molecule has 392 valence electrons. The van der Waals surface area contributed by atoms with Gasteiger partial charge in [-0.2, -0.15) is 0 Å². The molecule has 0 aliphatic rings. The highest BCUT2D eigenvalue weighted by atomic mass is 16.3. The molecule has 0 rings (SSSR count).